The molecule has 3 N–H and O–H groups in total. The van der Waals surface area contributed by atoms with Gasteiger partial charge in [0.1, 0.15) is 11.9 Å². The molecule has 0 spiro atoms. The molecule has 0 aliphatic carbocycles. The highest BCUT2D eigenvalue weighted by molar-refractivity contribution is 7.15. The van der Waals surface area contributed by atoms with Gasteiger partial charge in [-0.3, -0.25) is 15.1 Å². The van der Waals surface area contributed by atoms with Crippen molar-refractivity contribution in [3.05, 3.63) is 35.7 Å². The van der Waals surface area contributed by atoms with Crippen LogP contribution in [0.5, 0.6) is 0 Å². The molecule has 2 aromatic heterocycles. The fourth-order valence-electron chi connectivity index (χ4n) is 2.33. The van der Waals surface area contributed by atoms with Crippen molar-refractivity contribution in [1.82, 2.24) is 20.2 Å². The molecule has 1 aliphatic rings. The molecule has 0 unspecified atom stereocenters. The molecule has 1 aliphatic heterocycles. The van der Waals surface area contributed by atoms with Crippen LogP contribution in [-0.4, -0.2) is 45.0 Å². The Balaban J connectivity index is 1.98. The Bertz CT molecular complexity index is 732. The van der Waals surface area contributed by atoms with Crippen molar-refractivity contribution in [1.29, 1.82) is 5.41 Å². The maximum Gasteiger partial charge on any atom is 0.260 e. The van der Waals surface area contributed by atoms with E-state index in [-0.39, 0.29) is 5.96 Å². The number of hydrogen-bond acceptors (Lipinski definition) is 6. The third-order valence-electron chi connectivity index (χ3n) is 3.79. The van der Waals surface area contributed by atoms with E-state index < -0.39 is 17.6 Å². The Kier molecular flexibility index (Phi) is 3.42. The van der Waals surface area contributed by atoms with Gasteiger partial charge in [-0.05, 0) is 19.1 Å². The second-order valence-corrected chi connectivity index (χ2v) is 6.35. The molecule has 0 aromatic carbocycles. The van der Waals surface area contributed by atoms with Crippen molar-refractivity contribution in [2.24, 2.45) is 0 Å². The predicted molar refractivity (Wildman–Crippen MR) is 82.3 cm³/mol. The Hall–Kier alpha value is -2.32. The summed E-state index contributed by atoms with van der Waals surface area (Å²) in [7, 11) is 1.46. The number of carbonyl (C=O) groups is 1. The second kappa shape index (κ2) is 5.15. The number of thiophene rings is 1. The lowest BCUT2D eigenvalue weighted by Gasteiger charge is -2.42. The minimum Gasteiger partial charge on any atom is -0.380 e. The molecule has 1 saturated heterocycles. The molecular formula is C14H15N5O2S. The maximum absolute atomic E-state index is 12.1. The van der Waals surface area contributed by atoms with Crippen molar-refractivity contribution in [2.75, 3.05) is 7.05 Å². The van der Waals surface area contributed by atoms with Gasteiger partial charge in [0.15, 0.2) is 12.1 Å². The minimum absolute atomic E-state index is 0.0317. The highest BCUT2D eigenvalue weighted by Gasteiger charge is 2.47. The van der Waals surface area contributed by atoms with Crippen molar-refractivity contribution >= 4 is 23.2 Å². The summed E-state index contributed by atoms with van der Waals surface area (Å²) in [6.07, 6.45) is 3.61. The third-order valence-corrected chi connectivity index (χ3v) is 5.16. The van der Waals surface area contributed by atoms with E-state index in [1.807, 2.05) is 12.1 Å². The van der Waals surface area contributed by atoms with Crippen molar-refractivity contribution in [3.8, 4) is 10.4 Å². The van der Waals surface area contributed by atoms with Gasteiger partial charge in [0.2, 0.25) is 0 Å². The number of aliphatic hydroxyl groups excluding tert-OH is 1. The lowest BCUT2D eigenvalue weighted by Crippen LogP contribution is -2.66. The SMILES string of the molecule is CN1C(=N)N[C@](C)(c2ccc(-c3cncnc3)s2)[C@@H](O)C1=O. The number of aromatic nitrogens is 2. The predicted octanol–water partition coefficient (Wildman–Crippen LogP) is 0.778. The average Bonchev–Trinajstić information content (AvgIpc) is 3.02. The van der Waals surface area contributed by atoms with Crippen LogP contribution in [0.15, 0.2) is 30.9 Å². The first-order valence-corrected chi connectivity index (χ1v) is 7.43. The molecule has 114 valence electrons. The number of amides is 1. The van der Waals surface area contributed by atoms with Crippen LogP contribution in [0.3, 0.4) is 0 Å². The molecular weight excluding hydrogens is 302 g/mol. The largest absolute Gasteiger partial charge is 0.380 e. The normalized spacial score (nSPS) is 25.2. The molecule has 22 heavy (non-hydrogen) atoms. The summed E-state index contributed by atoms with van der Waals surface area (Å²) in [6, 6.07) is 3.74. The smallest absolute Gasteiger partial charge is 0.260 e. The van der Waals surface area contributed by atoms with Gasteiger partial charge in [-0.1, -0.05) is 0 Å². The first-order chi connectivity index (χ1) is 10.4. The molecule has 3 rings (SSSR count). The molecule has 7 nitrogen and oxygen atoms in total. The van der Waals surface area contributed by atoms with Gasteiger partial charge in [-0.15, -0.1) is 11.3 Å². The summed E-state index contributed by atoms with van der Waals surface area (Å²) in [5.74, 6) is -0.528. The van der Waals surface area contributed by atoms with Crippen LogP contribution in [0.2, 0.25) is 0 Å². The van der Waals surface area contributed by atoms with E-state index in [4.69, 9.17) is 5.41 Å². The molecule has 1 fully saturated rings. The summed E-state index contributed by atoms with van der Waals surface area (Å²) in [5, 5.41) is 21.1. The van der Waals surface area contributed by atoms with Gasteiger partial charge in [-0.25, -0.2) is 9.97 Å². The fraction of sp³-hybridized carbons (Fsp3) is 0.286. The standard InChI is InChI=1S/C14H15N5O2S/c1-14(11(20)12(21)19(2)13(15)18-14)10-4-3-9(22-10)8-5-16-7-17-6-8/h3-7,11,20H,1-2H3,(H2,15,18)/t11-,14+/m0/s1. The van der Waals surface area contributed by atoms with Crippen molar-refractivity contribution in [2.45, 2.75) is 18.6 Å². The van der Waals surface area contributed by atoms with Gasteiger partial charge >= 0.3 is 0 Å². The van der Waals surface area contributed by atoms with Gasteiger partial charge in [0, 0.05) is 34.8 Å². The van der Waals surface area contributed by atoms with Crippen molar-refractivity contribution < 1.29 is 9.90 Å². The van der Waals surface area contributed by atoms with E-state index in [1.165, 1.54) is 24.7 Å². The van der Waals surface area contributed by atoms with E-state index in [2.05, 4.69) is 15.3 Å². The highest BCUT2D eigenvalue weighted by atomic mass is 32.1. The van der Waals surface area contributed by atoms with Gasteiger partial charge in [0.05, 0.1) is 0 Å². The maximum atomic E-state index is 12.1. The summed E-state index contributed by atoms with van der Waals surface area (Å²) in [5.41, 5.74) is -0.162. The Morgan fingerprint density at radius 1 is 1.41 bits per heavy atom. The summed E-state index contributed by atoms with van der Waals surface area (Å²) < 4.78 is 0. The Labute approximate surface area is 131 Å². The summed E-state index contributed by atoms with van der Waals surface area (Å²) >= 11 is 1.43. The van der Waals surface area contributed by atoms with Gasteiger partial charge in [-0.2, -0.15) is 0 Å². The van der Waals surface area contributed by atoms with Crippen LogP contribution in [0, 0.1) is 5.41 Å². The van der Waals surface area contributed by atoms with Crippen LogP contribution in [0.25, 0.3) is 10.4 Å². The van der Waals surface area contributed by atoms with E-state index in [1.54, 1.807) is 19.3 Å². The van der Waals surface area contributed by atoms with Gasteiger partial charge in [0.25, 0.3) is 5.91 Å². The number of rotatable bonds is 2. The lowest BCUT2D eigenvalue weighted by molar-refractivity contribution is -0.142. The molecule has 0 bridgehead atoms. The molecule has 8 heteroatoms. The first kappa shape index (κ1) is 14.6. The number of nitrogens with zero attached hydrogens (tertiary/aromatic N) is 3. The first-order valence-electron chi connectivity index (χ1n) is 6.61. The number of guanidine groups is 1. The van der Waals surface area contributed by atoms with Crippen LogP contribution < -0.4 is 5.32 Å². The zero-order valence-corrected chi connectivity index (χ0v) is 12.9. The third kappa shape index (κ3) is 2.16. The molecule has 2 aromatic rings. The number of carbonyl (C=O) groups excluding carboxylic acids is 1. The van der Waals surface area contributed by atoms with Crippen LogP contribution in [0.4, 0.5) is 0 Å². The summed E-state index contributed by atoms with van der Waals surface area (Å²) in [4.78, 5) is 22.9. The van der Waals surface area contributed by atoms with Crippen LogP contribution >= 0.6 is 11.3 Å². The van der Waals surface area contributed by atoms with Gasteiger partial charge < -0.3 is 10.4 Å². The molecule has 1 amide bonds. The van der Waals surface area contributed by atoms with Crippen molar-refractivity contribution in [3.63, 3.8) is 0 Å². The molecule has 0 saturated carbocycles. The Morgan fingerprint density at radius 3 is 2.77 bits per heavy atom. The summed E-state index contributed by atoms with van der Waals surface area (Å²) in [6.45, 7) is 1.72. The molecule has 0 radical (unpaired) electrons. The zero-order valence-electron chi connectivity index (χ0n) is 12.1. The number of likely N-dealkylation sites (N-methyl/N-ethyl adjacent to an activating group) is 1. The van der Waals surface area contributed by atoms with E-state index in [9.17, 15) is 9.90 Å². The number of aliphatic hydroxyl groups is 1. The quantitative estimate of drug-likeness (QED) is 0.759. The van der Waals surface area contributed by atoms with E-state index in [0.717, 1.165) is 20.2 Å². The average molecular weight is 317 g/mol. The Morgan fingerprint density at radius 2 is 2.09 bits per heavy atom. The topological polar surface area (TPSA) is 102 Å². The monoisotopic (exact) mass is 317 g/mol. The fourth-order valence-corrected chi connectivity index (χ4v) is 3.44. The zero-order chi connectivity index (χ0) is 15.9. The highest BCUT2D eigenvalue weighted by Crippen LogP contribution is 2.37. The van der Waals surface area contributed by atoms with E-state index >= 15 is 0 Å². The van der Waals surface area contributed by atoms with Crippen LogP contribution in [-0.2, 0) is 10.3 Å². The van der Waals surface area contributed by atoms with Crippen LogP contribution in [0.1, 0.15) is 11.8 Å². The lowest BCUT2D eigenvalue weighted by atomic mass is 9.90. The van der Waals surface area contributed by atoms with E-state index in [0.29, 0.717) is 0 Å². The minimum atomic E-state index is -1.26. The molecule has 2 atom stereocenters. The molecule has 3 heterocycles. The number of hydrogen-bond donors (Lipinski definition) is 3. The number of nitrogens with one attached hydrogen (secondary N) is 2. The second-order valence-electron chi connectivity index (χ2n) is 5.27.